The van der Waals surface area contributed by atoms with Crippen molar-refractivity contribution < 1.29 is 8.63 Å². The predicted octanol–water partition coefficient (Wildman–Crippen LogP) is 3.35. The molecule has 1 N–H and O–H groups in total. The highest BCUT2D eigenvalue weighted by atomic mass is 35.5. The maximum absolute atomic E-state index is 12.2. The van der Waals surface area contributed by atoms with Crippen molar-refractivity contribution in [3.05, 3.63) is 52.9 Å². The fourth-order valence-electron chi connectivity index (χ4n) is 1.66. The van der Waals surface area contributed by atoms with Gasteiger partial charge in [0.2, 0.25) is 0 Å². The van der Waals surface area contributed by atoms with E-state index in [2.05, 4.69) is 5.32 Å². The van der Waals surface area contributed by atoms with Gasteiger partial charge in [0.05, 0.1) is 23.1 Å². The second kappa shape index (κ2) is 6.89. The summed E-state index contributed by atoms with van der Waals surface area (Å²) in [4.78, 5) is 0.720. The minimum atomic E-state index is -1.14. The van der Waals surface area contributed by atoms with Gasteiger partial charge in [-0.15, -0.1) is 0 Å². The summed E-state index contributed by atoms with van der Waals surface area (Å²) in [6.07, 6.45) is 0. The van der Waals surface area contributed by atoms with Crippen LogP contribution in [-0.4, -0.2) is 10.8 Å². The van der Waals surface area contributed by atoms with E-state index in [0.717, 1.165) is 23.0 Å². The highest BCUT2D eigenvalue weighted by Crippen LogP contribution is 2.18. The van der Waals surface area contributed by atoms with Gasteiger partial charge in [-0.25, -0.2) is 0 Å². The highest BCUT2D eigenvalue weighted by molar-refractivity contribution is 7.84. The number of rotatable bonds is 6. The zero-order chi connectivity index (χ0) is 13.7. The van der Waals surface area contributed by atoms with E-state index in [1.54, 1.807) is 18.2 Å². The summed E-state index contributed by atoms with van der Waals surface area (Å²) < 4.78 is 17.8. The molecule has 19 heavy (non-hydrogen) atoms. The molecule has 1 aromatic carbocycles. The van der Waals surface area contributed by atoms with Gasteiger partial charge in [0.1, 0.15) is 11.5 Å². The van der Waals surface area contributed by atoms with E-state index in [1.165, 1.54) is 0 Å². The first kappa shape index (κ1) is 14.3. The molecule has 0 spiro atoms. The van der Waals surface area contributed by atoms with E-state index in [9.17, 15) is 4.21 Å². The van der Waals surface area contributed by atoms with Crippen LogP contribution >= 0.6 is 11.6 Å². The van der Waals surface area contributed by atoms with E-state index < -0.39 is 10.8 Å². The molecule has 0 saturated heterocycles. The first-order chi connectivity index (χ1) is 9.19. The summed E-state index contributed by atoms with van der Waals surface area (Å²) in [5.74, 6) is 1.96. The molecule has 1 atom stereocenters. The highest BCUT2D eigenvalue weighted by Gasteiger charge is 2.09. The van der Waals surface area contributed by atoms with Gasteiger partial charge in [0, 0.05) is 9.92 Å². The zero-order valence-corrected chi connectivity index (χ0v) is 12.3. The van der Waals surface area contributed by atoms with Crippen molar-refractivity contribution in [1.82, 2.24) is 5.32 Å². The van der Waals surface area contributed by atoms with Gasteiger partial charge in [0.25, 0.3) is 0 Å². The van der Waals surface area contributed by atoms with Crippen molar-refractivity contribution >= 4 is 22.4 Å². The first-order valence-electron chi connectivity index (χ1n) is 6.11. The lowest BCUT2D eigenvalue weighted by Gasteiger charge is -2.01. The molecule has 0 aliphatic rings. The molecule has 2 rings (SSSR count). The minimum Gasteiger partial charge on any atom is -0.464 e. The van der Waals surface area contributed by atoms with Crippen LogP contribution in [0.4, 0.5) is 0 Å². The van der Waals surface area contributed by atoms with Crippen molar-refractivity contribution in [2.24, 2.45) is 0 Å². The second-order valence-corrected chi connectivity index (χ2v) is 5.98. The largest absolute Gasteiger partial charge is 0.464 e. The van der Waals surface area contributed by atoms with Crippen molar-refractivity contribution in [2.45, 2.75) is 24.1 Å². The lowest BCUT2D eigenvalue weighted by atomic mass is 10.4. The molecule has 3 nitrogen and oxygen atoms in total. The Hall–Kier alpha value is -1.10. The third-order valence-electron chi connectivity index (χ3n) is 2.60. The number of hydrogen-bond acceptors (Lipinski definition) is 3. The summed E-state index contributed by atoms with van der Waals surface area (Å²) in [5.41, 5.74) is 0. The molecule has 5 heteroatoms. The molecule has 1 heterocycles. The van der Waals surface area contributed by atoms with Gasteiger partial charge < -0.3 is 9.73 Å². The molecular formula is C14H16ClNO2S. The van der Waals surface area contributed by atoms with Gasteiger partial charge in [0.15, 0.2) is 0 Å². The number of benzene rings is 1. The van der Waals surface area contributed by atoms with Crippen LogP contribution in [0.5, 0.6) is 0 Å². The fourth-order valence-corrected chi connectivity index (χ4v) is 2.99. The molecule has 2 aromatic rings. The molecular weight excluding hydrogens is 282 g/mol. The summed E-state index contributed by atoms with van der Waals surface area (Å²) >= 11 is 5.89. The summed E-state index contributed by atoms with van der Waals surface area (Å²) in [5, 5.41) is 3.78. The Morgan fingerprint density at radius 2 is 2.05 bits per heavy atom. The van der Waals surface area contributed by atoms with Crippen LogP contribution in [0.25, 0.3) is 0 Å². The van der Waals surface area contributed by atoms with Gasteiger partial charge in [-0.05, 0) is 36.9 Å². The van der Waals surface area contributed by atoms with E-state index in [0.29, 0.717) is 17.3 Å². The van der Waals surface area contributed by atoms with Gasteiger partial charge >= 0.3 is 0 Å². The molecule has 1 unspecified atom stereocenters. The number of hydrogen-bond donors (Lipinski definition) is 1. The van der Waals surface area contributed by atoms with Crippen LogP contribution < -0.4 is 5.32 Å². The van der Waals surface area contributed by atoms with Crippen molar-refractivity contribution in [3.63, 3.8) is 0 Å². The van der Waals surface area contributed by atoms with Crippen LogP contribution in [0.15, 0.2) is 45.7 Å². The Labute approximate surface area is 120 Å². The summed E-state index contributed by atoms with van der Waals surface area (Å²) in [6, 6.07) is 10.9. The van der Waals surface area contributed by atoms with Crippen molar-refractivity contribution in [1.29, 1.82) is 0 Å². The monoisotopic (exact) mass is 297 g/mol. The molecule has 0 amide bonds. The van der Waals surface area contributed by atoms with Crippen LogP contribution in [0.3, 0.4) is 0 Å². The topological polar surface area (TPSA) is 42.2 Å². The Bertz CT molecular complexity index is 568. The lowest BCUT2D eigenvalue weighted by Crippen LogP contribution is -2.10. The maximum Gasteiger partial charge on any atom is 0.118 e. The molecule has 102 valence electrons. The van der Waals surface area contributed by atoms with E-state index in [-0.39, 0.29) is 0 Å². The predicted molar refractivity (Wildman–Crippen MR) is 77.7 cm³/mol. The molecule has 0 bridgehead atoms. The molecule has 0 aliphatic heterocycles. The van der Waals surface area contributed by atoms with Crippen molar-refractivity contribution in [2.75, 3.05) is 6.54 Å². The SMILES string of the molecule is CCNCc1ccc(CS(=O)c2cccc(Cl)c2)o1. The van der Waals surface area contributed by atoms with Crippen LogP contribution in [-0.2, 0) is 23.1 Å². The summed E-state index contributed by atoms with van der Waals surface area (Å²) in [6.45, 7) is 3.63. The van der Waals surface area contributed by atoms with E-state index in [4.69, 9.17) is 16.0 Å². The molecule has 0 aliphatic carbocycles. The first-order valence-corrected chi connectivity index (χ1v) is 7.81. The average Bonchev–Trinajstić information content (AvgIpc) is 2.84. The van der Waals surface area contributed by atoms with Crippen molar-refractivity contribution in [3.8, 4) is 0 Å². The second-order valence-electron chi connectivity index (χ2n) is 4.10. The third kappa shape index (κ3) is 4.20. The molecule has 0 saturated carbocycles. The Morgan fingerprint density at radius 1 is 1.26 bits per heavy atom. The summed E-state index contributed by atoms with van der Waals surface area (Å²) in [7, 11) is -1.14. The standard InChI is InChI=1S/C14H16ClNO2S/c1-2-16-9-12-6-7-13(18-12)10-19(17)14-5-3-4-11(15)8-14/h3-8,16H,2,9-10H2,1H3. The number of halogens is 1. The zero-order valence-electron chi connectivity index (χ0n) is 10.7. The average molecular weight is 298 g/mol. The number of nitrogens with one attached hydrogen (secondary N) is 1. The van der Waals surface area contributed by atoms with Gasteiger partial charge in [-0.3, -0.25) is 4.21 Å². The minimum absolute atomic E-state index is 0.368. The Balaban J connectivity index is 2.00. The van der Waals surface area contributed by atoms with Gasteiger partial charge in [-0.2, -0.15) is 0 Å². The Morgan fingerprint density at radius 3 is 2.79 bits per heavy atom. The number of furan rings is 1. The third-order valence-corrected chi connectivity index (χ3v) is 4.16. The van der Waals surface area contributed by atoms with Crippen LogP contribution in [0.2, 0.25) is 5.02 Å². The maximum atomic E-state index is 12.2. The lowest BCUT2D eigenvalue weighted by molar-refractivity contribution is 0.461. The van der Waals surface area contributed by atoms with Crippen LogP contribution in [0.1, 0.15) is 18.4 Å². The van der Waals surface area contributed by atoms with E-state index in [1.807, 2.05) is 25.1 Å². The molecule has 1 aromatic heterocycles. The van der Waals surface area contributed by atoms with Crippen LogP contribution in [0, 0.1) is 0 Å². The van der Waals surface area contributed by atoms with E-state index >= 15 is 0 Å². The van der Waals surface area contributed by atoms with Gasteiger partial charge in [-0.1, -0.05) is 24.6 Å². The smallest absolute Gasteiger partial charge is 0.118 e. The Kier molecular flexibility index (Phi) is 5.19. The fraction of sp³-hybridized carbons (Fsp3) is 0.286. The normalized spacial score (nSPS) is 12.5. The molecule has 0 fully saturated rings. The quantitative estimate of drug-likeness (QED) is 0.889. The molecule has 0 radical (unpaired) electrons.